The van der Waals surface area contributed by atoms with E-state index >= 15 is 0 Å². The van der Waals surface area contributed by atoms with Gasteiger partial charge in [0.25, 0.3) is 0 Å². The zero-order valence-electron chi connectivity index (χ0n) is 13.7. The third-order valence-corrected chi connectivity index (χ3v) is 4.80. The molecule has 0 saturated carbocycles. The molecule has 122 valence electrons. The molecular weight excluding hydrogens is 300 g/mol. The highest BCUT2D eigenvalue weighted by Crippen LogP contribution is 2.31. The van der Waals surface area contributed by atoms with Crippen molar-refractivity contribution in [2.45, 2.75) is 25.6 Å². The minimum atomic E-state index is -0.248. The van der Waals surface area contributed by atoms with Gasteiger partial charge >= 0.3 is 5.97 Å². The predicted molar refractivity (Wildman–Crippen MR) is 93.5 cm³/mol. The highest BCUT2D eigenvalue weighted by atomic mass is 16.5. The van der Waals surface area contributed by atoms with Gasteiger partial charge in [0.15, 0.2) is 0 Å². The molecule has 0 saturated heterocycles. The zero-order chi connectivity index (χ0) is 16.5. The monoisotopic (exact) mass is 320 g/mol. The van der Waals surface area contributed by atoms with Crippen molar-refractivity contribution in [2.75, 3.05) is 7.11 Å². The molecule has 0 aliphatic carbocycles. The number of hydrogen-bond acceptors (Lipinski definition) is 3. The molecule has 1 aliphatic rings. The second-order valence-corrected chi connectivity index (χ2v) is 6.26. The van der Waals surface area contributed by atoms with Crippen LogP contribution in [0.1, 0.15) is 16.8 Å². The number of aromatic amines is 1. The number of nitrogens with zero attached hydrogens (tertiary/aromatic N) is 1. The van der Waals surface area contributed by atoms with Crippen LogP contribution < -0.4 is 0 Å². The van der Waals surface area contributed by atoms with Crippen molar-refractivity contribution in [1.82, 2.24) is 9.88 Å². The van der Waals surface area contributed by atoms with Gasteiger partial charge in [0.2, 0.25) is 0 Å². The smallest absolute Gasteiger partial charge is 0.323 e. The molecule has 0 fully saturated rings. The Balaban J connectivity index is 1.71. The van der Waals surface area contributed by atoms with Crippen LogP contribution in [-0.4, -0.2) is 29.0 Å². The van der Waals surface area contributed by atoms with Crippen molar-refractivity contribution in [1.29, 1.82) is 0 Å². The van der Waals surface area contributed by atoms with E-state index in [1.807, 2.05) is 30.3 Å². The number of ether oxygens (including phenoxy) is 1. The van der Waals surface area contributed by atoms with Gasteiger partial charge in [-0.2, -0.15) is 0 Å². The van der Waals surface area contributed by atoms with Gasteiger partial charge in [0.05, 0.1) is 7.11 Å². The first kappa shape index (κ1) is 15.0. The lowest BCUT2D eigenvalue weighted by Gasteiger charge is -2.33. The number of fused-ring (bicyclic) bond motifs is 3. The Labute approximate surface area is 141 Å². The summed E-state index contributed by atoms with van der Waals surface area (Å²) >= 11 is 0. The molecule has 4 nitrogen and oxygen atoms in total. The molecule has 4 heteroatoms. The zero-order valence-corrected chi connectivity index (χ0v) is 13.7. The van der Waals surface area contributed by atoms with Crippen LogP contribution in [0.3, 0.4) is 0 Å². The number of carbonyl (C=O) groups is 1. The summed E-state index contributed by atoms with van der Waals surface area (Å²) in [6.45, 7) is 1.45. The van der Waals surface area contributed by atoms with Crippen molar-refractivity contribution in [3.63, 3.8) is 0 Å². The summed E-state index contributed by atoms with van der Waals surface area (Å²) in [4.78, 5) is 18.1. The van der Waals surface area contributed by atoms with Crippen LogP contribution in [0.25, 0.3) is 10.9 Å². The molecule has 1 N–H and O–H groups in total. The van der Waals surface area contributed by atoms with Gasteiger partial charge in [0.1, 0.15) is 6.04 Å². The minimum Gasteiger partial charge on any atom is -0.468 e. The van der Waals surface area contributed by atoms with Gasteiger partial charge in [-0.25, -0.2) is 0 Å². The number of para-hydroxylation sites is 1. The van der Waals surface area contributed by atoms with E-state index < -0.39 is 0 Å². The van der Waals surface area contributed by atoms with E-state index in [9.17, 15) is 4.79 Å². The van der Waals surface area contributed by atoms with Gasteiger partial charge in [-0.15, -0.1) is 0 Å². The average Bonchev–Trinajstić information content (AvgIpc) is 2.98. The van der Waals surface area contributed by atoms with Crippen LogP contribution in [0, 0.1) is 0 Å². The van der Waals surface area contributed by atoms with E-state index in [1.54, 1.807) is 0 Å². The maximum Gasteiger partial charge on any atom is 0.323 e. The molecule has 2 aromatic carbocycles. The maximum atomic E-state index is 12.4. The molecule has 0 unspecified atom stereocenters. The van der Waals surface area contributed by atoms with Crippen molar-refractivity contribution in [3.8, 4) is 0 Å². The first-order valence-corrected chi connectivity index (χ1v) is 8.20. The summed E-state index contributed by atoms with van der Waals surface area (Å²) in [5.41, 5.74) is 4.77. The Morgan fingerprint density at radius 1 is 1.17 bits per heavy atom. The van der Waals surface area contributed by atoms with Gasteiger partial charge in [-0.05, 0) is 17.2 Å². The molecule has 4 rings (SSSR count). The van der Waals surface area contributed by atoms with Crippen LogP contribution in [0.2, 0.25) is 0 Å². The lowest BCUT2D eigenvalue weighted by atomic mass is 9.96. The molecular formula is C20H20N2O2. The third kappa shape index (κ3) is 2.59. The fourth-order valence-corrected chi connectivity index (χ4v) is 3.61. The lowest BCUT2D eigenvalue weighted by molar-refractivity contribution is -0.148. The molecule has 0 amide bonds. The van der Waals surface area contributed by atoms with E-state index in [0.29, 0.717) is 6.42 Å². The Kier molecular flexibility index (Phi) is 3.82. The van der Waals surface area contributed by atoms with Gasteiger partial charge in [-0.1, -0.05) is 48.5 Å². The van der Waals surface area contributed by atoms with Crippen LogP contribution in [0.4, 0.5) is 0 Å². The summed E-state index contributed by atoms with van der Waals surface area (Å²) in [7, 11) is 1.47. The molecule has 1 aliphatic heterocycles. The Morgan fingerprint density at radius 3 is 2.71 bits per heavy atom. The number of nitrogens with one attached hydrogen (secondary N) is 1. The first-order valence-electron chi connectivity index (χ1n) is 8.20. The largest absolute Gasteiger partial charge is 0.468 e. The fourth-order valence-electron chi connectivity index (χ4n) is 3.61. The standard InChI is InChI=1S/C20H20N2O2/c1-24-20(23)19-11-16-15-9-5-6-10-17(15)21-18(16)13-22(19)12-14-7-3-2-4-8-14/h2-10,19,21H,11-13H2,1H3/t19-/m1/s1. The number of H-pyrrole nitrogens is 1. The van der Waals surface area contributed by atoms with Crippen LogP contribution >= 0.6 is 0 Å². The van der Waals surface area contributed by atoms with Crippen LogP contribution in [0.5, 0.6) is 0 Å². The summed E-state index contributed by atoms with van der Waals surface area (Å²) in [5.74, 6) is -0.165. The molecule has 2 heterocycles. The maximum absolute atomic E-state index is 12.4. The minimum absolute atomic E-state index is 0.165. The first-order chi connectivity index (χ1) is 11.8. The Hall–Kier alpha value is -2.59. The number of rotatable bonds is 3. The summed E-state index contributed by atoms with van der Waals surface area (Å²) < 4.78 is 5.07. The quantitative estimate of drug-likeness (QED) is 0.753. The van der Waals surface area contributed by atoms with Gasteiger partial charge in [-0.3, -0.25) is 9.69 Å². The highest BCUT2D eigenvalue weighted by Gasteiger charge is 2.34. The van der Waals surface area contributed by atoms with Gasteiger partial charge < -0.3 is 9.72 Å². The molecule has 1 atom stereocenters. The van der Waals surface area contributed by atoms with Crippen LogP contribution in [-0.2, 0) is 29.0 Å². The number of benzene rings is 2. The van der Waals surface area contributed by atoms with Crippen molar-refractivity contribution in [2.24, 2.45) is 0 Å². The average molecular weight is 320 g/mol. The van der Waals surface area contributed by atoms with Crippen LogP contribution in [0.15, 0.2) is 54.6 Å². The SMILES string of the molecule is COC(=O)[C@H]1Cc2c([nH]c3ccccc23)CN1Cc1ccccc1. The Bertz CT molecular complexity index is 870. The topological polar surface area (TPSA) is 45.3 Å². The number of carbonyl (C=O) groups excluding carboxylic acids is 1. The Morgan fingerprint density at radius 2 is 1.92 bits per heavy atom. The van der Waals surface area contributed by atoms with Gasteiger partial charge in [0, 0.05) is 36.1 Å². The second kappa shape index (κ2) is 6.13. The summed E-state index contributed by atoms with van der Waals surface area (Å²) in [5, 5.41) is 1.21. The summed E-state index contributed by atoms with van der Waals surface area (Å²) in [6, 6.07) is 18.3. The highest BCUT2D eigenvalue weighted by molar-refractivity contribution is 5.86. The number of hydrogen-bond donors (Lipinski definition) is 1. The normalized spacial score (nSPS) is 17.6. The molecule has 24 heavy (non-hydrogen) atoms. The number of methoxy groups -OCH3 is 1. The molecule has 1 aromatic heterocycles. The molecule has 0 bridgehead atoms. The van der Waals surface area contributed by atoms with Crippen molar-refractivity contribution in [3.05, 3.63) is 71.4 Å². The second-order valence-electron chi connectivity index (χ2n) is 6.26. The number of aromatic nitrogens is 1. The van der Waals surface area contributed by atoms with E-state index in [0.717, 1.165) is 18.6 Å². The fraction of sp³-hybridized carbons (Fsp3) is 0.250. The van der Waals surface area contributed by atoms with E-state index in [2.05, 4.69) is 34.1 Å². The third-order valence-electron chi connectivity index (χ3n) is 4.80. The van der Waals surface area contributed by atoms with Crippen molar-refractivity contribution < 1.29 is 9.53 Å². The number of esters is 1. The van der Waals surface area contributed by atoms with E-state index in [4.69, 9.17) is 4.74 Å². The molecule has 0 radical (unpaired) electrons. The molecule has 0 spiro atoms. The lowest BCUT2D eigenvalue weighted by Crippen LogP contribution is -2.45. The van der Waals surface area contributed by atoms with E-state index in [-0.39, 0.29) is 12.0 Å². The predicted octanol–water partition coefficient (Wildman–Crippen LogP) is 3.27. The summed E-state index contributed by atoms with van der Waals surface area (Å²) in [6.07, 6.45) is 0.679. The molecule has 3 aromatic rings. The van der Waals surface area contributed by atoms with E-state index in [1.165, 1.54) is 29.3 Å². The van der Waals surface area contributed by atoms with Crippen molar-refractivity contribution >= 4 is 16.9 Å².